The first-order valence-electron chi connectivity index (χ1n) is 5.70. The molecule has 100 valence electrons. The van der Waals surface area contributed by atoms with Gasteiger partial charge in [-0.3, -0.25) is 0 Å². The second-order valence-electron chi connectivity index (χ2n) is 3.86. The van der Waals surface area contributed by atoms with E-state index in [4.69, 9.17) is 15.8 Å². The molecule has 0 aliphatic rings. The first kappa shape index (κ1) is 14.3. The normalized spacial score (nSPS) is 9.05. The lowest BCUT2D eigenvalue weighted by Gasteiger charge is -2.06. The van der Waals surface area contributed by atoms with Gasteiger partial charge in [0, 0.05) is 11.9 Å². The van der Waals surface area contributed by atoms with E-state index in [0.29, 0.717) is 5.69 Å². The first-order chi connectivity index (χ1) is 10.2. The van der Waals surface area contributed by atoms with Crippen molar-refractivity contribution >= 4 is 21.6 Å². The molecule has 2 aromatic rings. The maximum Gasteiger partial charge on any atom is 0.163 e. The second kappa shape index (κ2) is 6.38. The van der Waals surface area contributed by atoms with Gasteiger partial charge in [0.2, 0.25) is 0 Å². The van der Waals surface area contributed by atoms with Crippen molar-refractivity contribution in [2.45, 2.75) is 0 Å². The highest BCUT2D eigenvalue weighted by Crippen LogP contribution is 2.17. The molecule has 0 atom stereocenters. The van der Waals surface area contributed by atoms with Crippen LogP contribution in [-0.2, 0) is 0 Å². The van der Waals surface area contributed by atoms with E-state index in [1.807, 2.05) is 6.20 Å². The fourth-order valence-electron chi connectivity index (χ4n) is 1.57. The number of halogens is 1. The van der Waals surface area contributed by atoms with Crippen LogP contribution in [0.5, 0.6) is 0 Å². The summed E-state index contributed by atoms with van der Waals surface area (Å²) in [7, 11) is 0. The summed E-state index contributed by atoms with van der Waals surface area (Å²) in [6, 6.07) is 12.2. The van der Waals surface area contributed by atoms with Crippen LogP contribution in [0.25, 0.3) is 5.69 Å². The zero-order valence-corrected chi connectivity index (χ0v) is 12.2. The Morgan fingerprint density at radius 2 is 1.76 bits per heavy atom. The molecule has 0 radical (unpaired) electrons. The Balaban J connectivity index is 2.25. The average molecular weight is 339 g/mol. The average Bonchev–Trinajstić information content (AvgIpc) is 2.94. The number of hydrogen-bond donors (Lipinski definition) is 1. The van der Waals surface area contributed by atoms with Gasteiger partial charge < -0.3 is 5.32 Å². The zero-order valence-electron chi connectivity index (χ0n) is 10.6. The molecule has 0 saturated heterocycles. The molecular weight excluding hydrogens is 332 g/mol. The lowest BCUT2D eigenvalue weighted by atomic mass is 10.2. The molecule has 0 spiro atoms. The molecule has 21 heavy (non-hydrogen) atoms. The molecule has 0 saturated carbocycles. The number of nitrogens with one attached hydrogen (secondary N) is 1. The maximum atomic E-state index is 8.96. The minimum atomic E-state index is -0.252. The molecule has 0 aliphatic carbocycles. The quantitative estimate of drug-likeness (QED) is 0.867. The van der Waals surface area contributed by atoms with Crippen LogP contribution in [0.3, 0.4) is 0 Å². The molecule has 0 bridgehead atoms. The van der Waals surface area contributed by atoms with Gasteiger partial charge in [-0.2, -0.15) is 20.9 Å². The number of rotatable bonds is 3. The monoisotopic (exact) mass is 338 g/mol. The number of anilines is 1. The van der Waals surface area contributed by atoms with Crippen molar-refractivity contribution < 1.29 is 0 Å². The van der Waals surface area contributed by atoms with E-state index in [0.717, 1.165) is 10.2 Å². The van der Waals surface area contributed by atoms with Crippen molar-refractivity contribution in [1.29, 1.82) is 15.8 Å². The third-order valence-electron chi connectivity index (χ3n) is 2.54. The van der Waals surface area contributed by atoms with Crippen LogP contribution in [0.1, 0.15) is 0 Å². The molecular formula is C14H7BrN6. The molecule has 0 unspecified atom stereocenters. The molecule has 1 N–H and O–H groups in total. The minimum Gasteiger partial charge on any atom is -0.345 e. The summed E-state index contributed by atoms with van der Waals surface area (Å²) in [6.45, 7) is 0. The van der Waals surface area contributed by atoms with Gasteiger partial charge in [0.25, 0.3) is 0 Å². The maximum absolute atomic E-state index is 8.96. The first-order valence-corrected chi connectivity index (χ1v) is 6.49. The Labute approximate surface area is 129 Å². The third kappa shape index (κ3) is 3.27. The van der Waals surface area contributed by atoms with E-state index in [-0.39, 0.29) is 11.3 Å². The molecule has 0 fully saturated rings. The van der Waals surface area contributed by atoms with Crippen LogP contribution in [-0.4, -0.2) is 9.78 Å². The molecule has 2 rings (SSSR count). The van der Waals surface area contributed by atoms with Crippen molar-refractivity contribution in [3.05, 3.63) is 52.4 Å². The molecule has 0 amide bonds. The lowest BCUT2D eigenvalue weighted by Crippen LogP contribution is -2.01. The van der Waals surface area contributed by atoms with Crippen molar-refractivity contribution in [1.82, 2.24) is 9.78 Å². The summed E-state index contributed by atoms with van der Waals surface area (Å²) in [6.07, 6.45) is 3.49. The summed E-state index contributed by atoms with van der Waals surface area (Å²) in [5.41, 5.74) is 1.12. The zero-order chi connectivity index (χ0) is 15.2. The van der Waals surface area contributed by atoms with Crippen LogP contribution in [0.2, 0.25) is 0 Å². The van der Waals surface area contributed by atoms with Gasteiger partial charge in [0.1, 0.15) is 23.9 Å². The van der Waals surface area contributed by atoms with E-state index in [1.54, 1.807) is 53.4 Å². The summed E-state index contributed by atoms with van der Waals surface area (Å²) in [5.74, 6) is 0. The highest BCUT2D eigenvalue weighted by Gasteiger charge is 2.06. The standard InChI is InChI=1S/C14H7BrN6/c15-11-8-19-21(9-11)13-3-1-12(2-4-13)20-14(7-18)10(5-16)6-17/h1-4,8-9,20H. The van der Waals surface area contributed by atoms with Gasteiger partial charge in [-0.15, -0.1) is 0 Å². The highest BCUT2D eigenvalue weighted by molar-refractivity contribution is 9.10. The lowest BCUT2D eigenvalue weighted by molar-refractivity contribution is 0.880. The Morgan fingerprint density at radius 1 is 1.10 bits per heavy atom. The Hall–Kier alpha value is -3.08. The van der Waals surface area contributed by atoms with Crippen LogP contribution in [0, 0.1) is 34.0 Å². The number of allylic oxidation sites excluding steroid dienone is 2. The van der Waals surface area contributed by atoms with Crippen molar-refractivity contribution in [3.63, 3.8) is 0 Å². The number of nitrogens with zero attached hydrogens (tertiary/aromatic N) is 5. The fraction of sp³-hybridized carbons (Fsp3) is 0. The third-order valence-corrected chi connectivity index (χ3v) is 2.95. The number of hydrogen-bond acceptors (Lipinski definition) is 5. The second-order valence-corrected chi connectivity index (χ2v) is 4.78. The molecule has 1 aromatic carbocycles. The largest absolute Gasteiger partial charge is 0.345 e. The van der Waals surface area contributed by atoms with E-state index in [2.05, 4.69) is 26.3 Å². The van der Waals surface area contributed by atoms with Crippen molar-refractivity contribution in [3.8, 4) is 23.9 Å². The van der Waals surface area contributed by atoms with Gasteiger partial charge in [0.05, 0.1) is 16.4 Å². The summed E-state index contributed by atoms with van der Waals surface area (Å²) < 4.78 is 2.55. The molecule has 1 heterocycles. The SMILES string of the molecule is N#CC(C#N)=C(C#N)Nc1ccc(-n2cc(Br)cn2)cc1. The van der Waals surface area contributed by atoms with E-state index in [1.165, 1.54) is 0 Å². The van der Waals surface area contributed by atoms with Crippen LogP contribution in [0.4, 0.5) is 5.69 Å². The van der Waals surface area contributed by atoms with Crippen molar-refractivity contribution in [2.24, 2.45) is 0 Å². The van der Waals surface area contributed by atoms with Gasteiger partial charge in [-0.1, -0.05) is 0 Å². The molecule has 7 heteroatoms. The van der Waals surface area contributed by atoms with Crippen molar-refractivity contribution in [2.75, 3.05) is 5.32 Å². The molecule has 0 aliphatic heterocycles. The fourth-order valence-corrected chi connectivity index (χ4v) is 1.85. The Kier molecular flexibility index (Phi) is 4.36. The number of benzene rings is 1. The minimum absolute atomic E-state index is 0.0745. The predicted octanol–water partition coefficient (Wildman–Crippen LogP) is 2.87. The predicted molar refractivity (Wildman–Crippen MR) is 78.8 cm³/mol. The highest BCUT2D eigenvalue weighted by atomic mass is 79.9. The van der Waals surface area contributed by atoms with Gasteiger partial charge >= 0.3 is 0 Å². The Morgan fingerprint density at radius 3 is 2.24 bits per heavy atom. The van der Waals surface area contributed by atoms with Gasteiger partial charge in [0.15, 0.2) is 5.57 Å². The summed E-state index contributed by atoms with van der Waals surface area (Å²) in [5, 5.41) is 33.4. The van der Waals surface area contributed by atoms with Crippen LogP contribution >= 0.6 is 15.9 Å². The topological polar surface area (TPSA) is 101 Å². The van der Waals surface area contributed by atoms with Crippen LogP contribution < -0.4 is 5.32 Å². The summed E-state index contributed by atoms with van der Waals surface area (Å²) >= 11 is 3.32. The van der Waals surface area contributed by atoms with E-state index < -0.39 is 0 Å². The van der Waals surface area contributed by atoms with E-state index >= 15 is 0 Å². The smallest absolute Gasteiger partial charge is 0.163 e. The number of nitriles is 3. The van der Waals surface area contributed by atoms with Gasteiger partial charge in [-0.25, -0.2) is 4.68 Å². The number of aromatic nitrogens is 2. The summed E-state index contributed by atoms with van der Waals surface area (Å²) in [4.78, 5) is 0. The Bertz CT molecular complexity index is 795. The van der Waals surface area contributed by atoms with Gasteiger partial charge in [-0.05, 0) is 40.2 Å². The van der Waals surface area contributed by atoms with E-state index in [9.17, 15) is 0 Å². The molecule has 1 aromatic heterocycles. The van der Waals surface area contributed by atoms with Crippen LogP contribution in [0.15, 0.2) is 52.4 Å². The molecule has 6 nitrogen and oxygen atoms in total.